The molecule has 5 heteroatoms. The smallest absolute Gasteiger partial charge is 0.204 e. The summed E-state index contributed by atoms with van der Waals surface area (Å²) in [6.07, 6.45) is 0. The van der Waals surface area contributed by atoms with Crippen molar-refractivity contribution in [2.45, 2.75) is 6.54 Å². The molecule has 0 saturated heterocycles. The number of para-hydroxylation sites is 2. The highest BCUT2D eigenvalue weighted by molar-refractivity contribution is 6.29. The summed E-state index contributed by atoms with van der Waals surface area (Å²) in [4.78, 5) is 16.4. The fourth-order valence-electron chi connectivity index (χ4n) is 2.07. The Labute approximate surface area is 119 Å². The number of nitrogens with zero attached hydrogens (tertiary/aromatic N) is 2. The first-order chi connectivity index (χ1) is 9.65. The Kier molecular flexibility index (Phi) is 3.24. The van der Waals surface area contributed by atoms with E-state index < -0.39 is 0 Å². The van der Waals surface area contributed by atoms with Crippen LogP contribution in [0.4, 0.5) is 4.39 Å². The van der Waals surface area contributed by atoms with E-state index in [1.165, 1.54) is 24.3 Å². The van der Waals surface area contributed by atoms with Crippen molar-refractivity contribution >= 4 is 28.4 Å². The molecule has 20 heavy (non-hydrogen) atoms. The van der Waals surface area contributed by atoms with Crippen LogP contribution in [0.3, 0.4) is 0 Å². The molecular weight excluding hydrogens is 279 g/mol. The molecule has 0 fully saturated rings. The highest BCUT2D eigenvalue weighted by atomic mass is 35.5. The molecule has 0 spiro atoms. The summed E-state index contributed by atoms with van der Waals surface area (Å²) < 4.78 is 14.5. The van der Waals surface area contributed by atoms with Crippen LogP contribution < -0.4 is 0 Å². The van der Waals surface area contributed by atoms with Crippen molar-refractivity contribution in [2.24, 2.45) is 0 Å². The Morgan fingerprint density at radius 2 is 1.85 bits per heavy atom. The van der Waals surface area contributed by atoms with Gasteiger partial charge in [0.25, 0.3) is 0 Å². The summed E-state index contributed by atoms with van der Waals surface area (Å²) in [5, 5.41) is 0.265. The second-order valence-corrected chi connectivity index (χ2v) is 4.72. The summed E-state index contributed by atoms with van der Waals surface area (Å²) in [6.45, 7) is 0.0744. The summed E-state index contributed by atoms with van der Waals surface area (Å²) in [5.41, 5.74) is 1.98. The number of imidazole rings is 1. The van der Waals surface area contributed by atoms with Crippen molar-refractivity contribution in [1.82, 2.24) is 9.55 Å². The molecule has 1 heterocycles. The summed E-state index contributed by atoms with van der Waals surface area (Å²) >= 11 is 6.06. The predicted octanol–water partition coefficient (Wildman–Crippen LogP) is 3.71. The highest BCUT2D eigenvalue weighted by Gasteiger charge is 2.13. The molecule has 3 rings (SSSR count). The van der Waals surface area contributed by atoms with Crippen LogP contribution in [0.5, 0.6) is 0 Å². The lowest BCUT2D eigenvalue weighted by Crippen LogP contribution is -2.10. The third-order valence-electron chi connectivity index (χ3n) is 3.08. The number of fused-ring (bicyclic) bond motifs is 1. The Bertz CT molecular complexity index is 780. The zero-order valence-electron chi connectivity index (χ0n) is 10.4. The largest absolute Gasteiger partial charge is 0.307 e. The number of halogens is 2. The number of carbonyl (C=O) groups excluding carboxylic acids is 1. The maximum Gasteiger partial charge on any atom is 0.204 e. The predicted molar refractivity (Wildman–Crippen MR) is 75.5 cm³/mol. The second-order valence-electron chi connectivity index (χ2n) is 4.39. The topological polar surface area (TPSA) is 34.9 Å². The molecule has 2 aromatic carbocycles. The Morgan fingerprint density at radius 1 is 1.15 bits per heavy atom. The van der Waals surface area contributed by atoms with Crippen LogP contribution in [0.25, 0.3) is 11.0 Å². The standard InChI is InChI=1S/C15H10ClFN2O/c16-15-18-12-3-1-2-4-13(12)19(15)9-14(20)10-5-7-11(17)8-6-10/h1-8H,9H2. The number of benzene rings is 2. The third kappa shape index (κ3) is 2.30. The van der Waals surface area contributed by atoms with Crippen molar-refractivity contribution in [3.63, 3.8) is 0 Å². The van der Waals surface area contributed by atoms with E-state index in [9.17, 15) is 9.18 Å². The number of rotatable bonds is 3. The van der Waals surface area contributed by atoms with Crippen LogP contribution in [0, 0.1) is 5.82 Å². The summed E-state index contributed by atoms with van der Waals surface area (Å²) in [7, 11) is 0. The molecule has 1 aromatic heterocycles. The van der Waals surface area contributed by atoms with Crippen molar-refractivity contribution in [3.8, 4) is 0 Å². The van der Waals surface area contributed by atoms with Gasteiger partial charge in [-0.3, -0.25) is 4.79 Å². The number of hydrogen-bond acceptors (Lipinski definition) is 2. The molecular formula is C15H10ClFN2O. The van der Waals surface area contributed by atoms with Gasteiger partial charge in [-0.15, -0.1) is 0 Å². The van der Waals surface area contributed by atoms with E-state index in [1.54, 1.807) is 4.57 Å². The summed E-state index contributed by atoms with van der Waals surface area (Å²) in [5.74, 6) is -0.511. The van der Waals surface area contributed by atoms with Gasteiger partial charge in [0.15, 0.2) is 5.78 Å². The number of hydrogen-bond donors (Lipinski definition) is 0. The third-order valence-corrected chi connectivity index (χ3v) is 3.36. The van der Waals surface area contributed by atoms with Gasteiger partial charge in [0.1, 0.15) is 5.82 Å². The van der Waals surface area contributed by atoms with Gasteiger partial charge in [-0.05, 0) is 48.0 Å². The normalized spacial score (nSPS) is 10.9. The fourth-order valence-corrected chi connectivity index (χ4v) is 2.31. The van der Waals surface area contributed by atoms with Crippen LogP contribution in [-0.2, 0) is 6.54 Å². The first-order valence-electron chi connectivity index (χ1n) is 6.05. The summed E-state index contributed by atoms with van der Waals surface area (Å²) in [6, 6.07) is 12.9. The van der Waals surface area contributed by atoms with Crippen molar-refractivity contribution in [1.29, 1.82) is 0 Å². The van der Waals surface area contributed by atoms with Crippen molar-refractivity contribution in [3.05, 3.63) is 65.2 Å². The SMILES string of the molecule is O=C(Cn1c(Cl)nc2ccccc21)c1ccc(F)cc1. The van der Waals surface area contributed by atoms with Gasteiger partial charge < -0.3 is 4.57 Å². The van der Waals surface area contributed by atoms with Crippen LogP contribution >= 0.6 is 11.6 Å². The maximum atomic E-state index is 12.9. The lowest BCUT2D eigenvalue weighted by Gasteiger charge is -2.05. The van der Waals surface area contributed by atoms with Crippen molar-refractivity contribution in [2.75, 3.05) is 0 Å². The molecule has 0 aliphatic rings. The van der Waals surface area contributed by atoms with E-state index >= 15 is 0 Å². The molecule has 3 nitrogen and oxygen atoms in total. The van der Waals surface area contributed by atoms with Crippen molar-refractivity contribution < 1.29 is 9.18 Å². The number of aromatic nitrogens is 2. The molecule has 0 atom stereocenters. The molecule has 0 N–H and O–H groups in total. The lowest BCUT2D eigenvalue weighted by molar-refractivity contribution is 0.0973. The molecule has 100 valence electrons. The van der Waals surface area contributed by atoms with Crippen LogP contribution in [0.1, 0.15) is 10.4 Å². The maximum absolute atomic E-state index is 12.9. The minimum absolute atomic E-state index is 0.0744. The van der Waals surface area contributed by atoms with E-state index in [0.717, 1.165) is 11.0 Å². The second kappa shape index (κ2) is 5.06. The van der Waals surface area contributed by atoms with E-state index in [-0.39, 0.29) is 23.4 Å². The first kappa shape index (κ1) is 12.8. The van der Waals surface area contributed by atoms with E-state index in [1.807, 2.05) is 24.3 Å². The van der Waals surface area contributed by atoms with Gasteiger partial charge >= 0.3 is 0 Å². The molecule has 0 aliphatic heterocycles. The Balaban J connectivity index is 1.95. The van der Waals surface area contributed by atoms with Crippen LogP contribution in [0.2, 0.25) is 5.28 Å². The van der Waals surface area contributed by atoms with E-state index in [0.29, 0.717) is 5.56 Å². The number of ketones is 1. The molecule has 0 amide bonds. The van der Waals surface area contributed by atoms with Crippen LogP contribution in [0.15, 0.2) is 48.5 Å². The first-order valence-corrected chi connectivity index (χ1v) is 6.42. The number of carbonyl (C=O) groups is 1. The monoisotopic (exact) mass is 288 g/mol. The Hall–Kier alpha value is -2.20. The lowest BCUT2D eigenvalue weighted by atomic mass is 10.1. The van der Waals surface area contributed by atoms with Gasteiger partial charge in [0, 0.05) is 5.56 Å². The van der Waals surface area contributed by atoms with Gasteiger partial charge in [0.05, 0.1) is 17.6 Å². The van der Waals surface area contributed by atoms with Gasteiger partial charge in [-0.2, -0.15) is 0 Å². The minimum Gasteiger partial charge on any atom is -0.307 e. The van der Waals surface area contributed by atoms with E-state index in [4.69, 9.17) is 11.6 Å². The average molecular weight is 289 g/mol. The highest BCUT2D eigenvalue weighted by Crippen LogP contribution is 2.20. The van der Waals surface area contributed by atoms with Crippen LogP contribution in [-0.4, -0.2) is 15.3 Å². The minimum atomic E-state index is -0.368. The van der Waals surface area contributed by atoms with Gasteiger partial charge in [-0.25, -0.2) is 9.37 Å². The molecule has 3 aromatic rings. The van der Waals surface area contributed by atoms with Gasteiger partial charge in [-0.1, -0.05) is 12.1 Å². The zero-order chi connectivity index (χ0) is 14.1. The molecule has 0 bridgehead atoms. The quantitative estimate of drug-likeness (QED) is 0.689. The fraction of sp³-hybridized carbons (Fsp3) is 0.0667. The van der Waals surface area contributed by atoms with Gasteiger partial charge in [0.2, 0.25) is 5.28 Å². The molecule has 0 saturated carbocycles. The zero-order valence-corrected chi connectivity index (χ0v) is 11.1. The molecule has 0 unspecified atom stereocenters. The molecule has 0 aliphatic carbocycles. The average Bonchev–Trinajstić information content (AvgIpc) is 2.76. The number of Topliss-reactive ketones (excluding diaryl/α,β-unsaturated/α-hetero) is 1. The van der Waals surface area contributed by atoms with E-state index in [2.05, 4.69) is 4.98 Å². The molecule has 0 radical (unpaired) electrons. The Morgan fingerprint density at radius 3 is 2.60 bits per heavy atom.